The number of halogens is 1. The number of methoxy groups -OCH3 is 1. The second kappa shape index (κ2) is 8.40. The maximum atomic E-state index is 13.8. The SMILES string of the molecule is COc1ccc(-c2csc(NC(=O)/C=C/c3ccc([N+](=O)[O-])cc3)n2)cc1F. The van der Waals surface area contributed by atoms with Crippen molar-refractivity contribution in [2.45, 2.75) is 0 Å². The van der Waals surface area contributed by atoms with Gasteiger partial charge in [0.25, 0.3) is 5.69 Å². The summed E-state index contributed by atoms with van der Waals surface area (Å²) in [4.78, 5) is 26.4. The minimum atomic E-state index is -0.496. The Balaban J connectivity index is 1.65. The molecule has 3 aromatic rings. The first kappa shape index (κ1) is 19.2. The number of hydrogen-bond donors (Lipinski definition) is 1. The van der Waals surface area contributed by atoms with Crippen LogP contribution in [0.3, 0.4) is 0 Å². The van der Waals surface area contributed by atoms with Gasteiger partial charge < -0.3 is 4.74 Å². The normalized spacial score (nSPS) is 10.8. The van der Waals surface area contributed by atoms with E-state index in [2.05, 4.69) is 10.3 Å². The van der Waals surface area contributed by atoms with Gasteiger partial charge in [0.15, 0.2) is 16.7 Å². The van der Waals surface area contributed by atoms with Gasteiger partial charge in [-0.1, -0.05) is 0 Å². The van der Waals surface area contributed by atoms with Crippen molar-refractivity contribution in [2.75, 3.05) is 12.4 Å². The number of carbonyl (C=O) groups excluding carboxylic acids is 1. The number of amides is 1. The lowest BCUT2D eigenvalue weighted by atomic mass is 10.1. The van der Waals surface area contributed by atoms with Crippen molar-refractivity contribution in [3.8, 4) is 17.0 Å². The lowest BCUT2D eigenvalue weighted by molar-refractivity contribution is -0.384. The van der Waals surface area contributed by atoms with Crippen LogP contribution in [-0.2, 0) is 4.79 Å². The van der Waals surface area contributed by atoms with Crippen molar-refractivity contribution < 1.29 is 18.8 Å². The molecule has 1 aromatic heterocycles. The molecule has 0 saturated heterocycles. The molecule has 0 fully saturated rings. The molecule has 0 atom stereocenters. The molecule has 0 aliphatic rings. The Morgan fingerprint density at radius 2 is 2.04 bits per heavy atom. The average Bonchev–Trinajstić information content (AvgIpc) is 3.15. The van der Waals surface area contributed by atoms with Crippen LogP contribution in [0.25, 0.3) is 17.3 Å². The van der Waals surface area contributed by atoms with Crippen LogP contribution in [0.1, 0.15) is 5.56 Å². The fourth-order valence-electron chi connectivity index (χ4n) is 2.32. The molecule has 1 N–H and O–H groups in total. The Morgan fingerprint density at radius 3 is 2.68 bits per heavy atom. The third kappa shape index (κ3) is 4.57. The van der Waals surface area contributed by atoms with E-state index in [1.807, 2.05) is 0 Å². The third-order valence-electron chi connectivity index (χ3n) is 3.71. The van der Waals surface area contributed by atoms with Crippen molar-refractivity contribution in [3.63, 3.8) is 0 Å². The lowest BCUT2D eigenvalue weighted by Crippen LogP contribution is -2.07. The van der Waals surface area contributed by atoms with Gasteiger partial charge >= 0.3 is 0 Å². The van der Waals surface area contributed by atoms with E-state index in [9.17, 15) is 19.3 Å². The zero-order valence-electron chi connectivity index (χ0n) is 14.6. The summed E-state index contributed by atoms with van der Waals surface area (Å²) in [6.07, 6.45) is 2.84. The predicted molar refractivity (Wildman–Crippen MR) is 105 cm³/mol. The minimum absolute atomic E-state index is 0.0214. The highest BCUT2D eigenvalue weighted by Crippen LogP contribution is 2.28. The standard InChI is InChI=1S/C19H14FN3O4S/c1-27-17-8-5-13(10-15(17)20)16-11-28-19(21-16)22-18(24)9-4-12-2-6-14(7-3-12)23(25)26/h2-11H,1H3,(H,21,22,24)/b9-4+. The molecular formula is C19H14FN3O4S. The average molecular weight is 399 g/mol. The molecule has 2 aromatic carbocycles. The summed E-state index contributed by atoms with van der Waals surface area (Å²) in [5, 5.41) is 15.3. The second-order valence-corrected chi connectivity index (χ2v) is 6.42. The highest BCUT2D eigenvalue weighted by atomic mass is 32.1. The molecule has 0 unspecified atom stereocenters. The molecular weight excluding hydrogens is 385 g/mol. The number of nitro groups is 1. The van der Waals surface area contributed by atoms with Gasteiger partial charge in [-0.3, -0.25) is 20.2 Å². The molecule has 0 radical (unpaired) electrons. The fraction of sp³-hybridized carbons (Fsp3) is 0.0526. The first-order valence-corrected chi connectivity index (χ1v) is 8.87. The van der Waals surface area contributed by atoms with Crippen LogP contribution in [-0.4, -0.2) is 22.9 Å². The van der Waals surface area contributed by atoms with Gasteiger partial charge in [-0.25, -0.2) is 9.37 Å². The van der Waals surface area contributed by atoms with E-state index in [0.29, 0.717) is 22.0 Å². The van der Waals surface area contributed by atoms with Crippen LogP contribution < -0.4 is 10.1 Å². The monoisotopic (exact) mass is 399 g/mol. The number of nitrogens with one attached hydrogen (secondary N) is 1. The first-order chi connectivity index (χ1) is 13.5. The Kier molecular flexibility index (Phi) is 5.75. The summed E-state index contributed by atoms with van der Waals surface area (Å²) < 4.78 is 18.7. The predicted octanol–water partition coefficient (Wildman–Crippen LogP) is 4.52. The van der Waals surface area contributed by atoms with E-state index in [1.165, 1.54) is 54.9 Å². The van der Waals surface area contributed by atoms with Crippen molar-refractivity contribution in [1.82, 2.24) is 4.98 Å². The van der Waals surface area contributed by atoms with Crippen LogP contribution >= 0.6 is 11.3 Å². The maximum absolute atomic E-state index is 13.8. The highest BCUT2D eigenvalue weighted by molar-refractivity contribution is 7.14. The molecule has 9 heteroatoms. The van der Waals surface area contributed by atoms with Gasteiger partial charge in [-0.15, -0.1) is 11.3 Å². The topological polar surface area (TPSA) is 94.4 Å². The number of hydrogen-bond acceptors (Lipinski definition) is 6. The molecule has 1 heterocycles. The number of nitro benzene ring substituents is 1. The Morgan fingerprint density at radius 1 is 1.29 bits per heavy atom. The number of ether oxygens (including phenoxy) is 1. The van der Waals surface area contributed by atoms with E-state index in [4.69, 9.17) is 4.74 Å². The zero-order chi connectivity index (χ0) is 20.1. The Hall–Kier alpha value is -3.59. The van der Waals surface area contributed by atoms with Gasteiger partial charge in [-0.2, -0.15) is 0 Å². The van der Waals surface area contributed by atoms with Gasteiger partial charge in [0.05, 0.1) is 17.7 Å². The quantitative estimate of drug-likeness (QED) is 0.374. The van der Waals surface area contributed by atoms with Crippen molar-refractivity contribution in [3.05, 3.63) is 75.4 Å². The molecule has 28 heavy (non-hydrogen) atoms. The Bertz CT molecular complexity index is 1050. The molecule has 0 bridgehead atoms. The minimum Gasteiger partial charge on any atom is -0.494 e. The van der Waals surface area contributed by atoms with Crippen molar-refractivity contribution in [2.24, 2.45) is 0 Å². The number of carbonyl (C=O) groups is 1. The molecule has 1 amide bonds. The largest absolute Gasteiger partial charge is 0.494 e. The van der Waals surface area contributed by atoms with E-state index in [-0.39, 0.29) is 11.4 Å². The van der Waals surface area contributed by atoms with Gasteiger partial charge in [0.1, 0.15) is 0 Å². The van der Waals surface area contributed by atoms with E-state index in [1.54, 1.807) is 23.6 Å². The molecule has 0 aliphatic heterocycles. The van der Waals surface area contributed by atoms with E-state index >= 15 is 0 Å². The number of nitrogens with zero attached hydrogens (tertiary/aromatic N) is 2. The number of rotatable bonds is 6. The van der Waals surface area contributed by atoms with Crippen molar-refractivity contribution in [1.29, 1.82) is 0 Å². The second-order valence-electron chi connectivity index (χ2n) is 5.56. The summed E-state index contributed by atoms with van der Waals surface area (Å²) in [5.41, 5.74) is 1.72. The molecule has 7 nitrogen and oxygen atoms in total. The van der Waals surface area contributed by atoms with Crippen LogP contribution in [0.4, 0.5) is 15.2 Å². The molecule has 3 rings (SSSR count). The van der Waals surface area contributed by atoms with Gasteiger partial charge in [0, 0.05) is 29.2 Å². The summed E-state index contributed by atoms with van der Waals surface area (Å²) >= 11 is 1.21. The number of non-ortho nitro benzene ring substituents is 1. The number of thiazole rings is 1. The summed E-state index contributed by atoms with van der Waals surface area (Å²) in [6, 6.07) is 10.3. The van der Waals surface area contributed by atoms with Crippen LogP contribution in [0.5, 0.6) is 5.75 Å². The van der Waals surface area contributed by atoms with Gasteiger partial charge in [-0.05, 0) is 42.0 Å². The number of benzene rings is 2. The van der Waals surface area contributed by atoms with E-state index < -0.39 is 16.6 Å². The fourth-order valence-corrected chi connectivity index (χ4v) is 3.04. The molecule has 142 valence electrons. The third-order valence-corrected chi connectivity index (χ3v) is 4.47. The molecule has 0 saturated carbocycles. The number of anilines is 1. The maximum Gasteiger partial charge on any atom is 0.269 e. The van der Waals surface area contributed by atoms with Crippen LogP contribution in [0.15, 0.2) is 53.9 Å². The van der Waals surface area contributed by atoms with Gasteiger partial charge in [0.2, 0.25) is 5.91 Å². The zero-order valence-corrected chi connectivity index (χ0v) is 15.4. The number of aromatic nitrogens is 1. The summed E-state index contributed by atoms with van der Waals surface area (Å²) in [5.74, 6) is -0.756. The molecule has 0 spiro atoms. The van der Waals surface area contributed by atoms with Crippen molar-refractivity contribution >= 4 is 34.1 Å². The first-order valence-electron chi connectivity index (χ1n) is 7.99. The van der Waals surface area contributed by atoms with Crippen LogP contribution in [0, 0.1) is 15.9 Å². The lowest BCUT2D eigenvalue weighted by Gasteiger charge is -2.03. The smallest absolute Gasteiger partial charge is 0.269 e. The van der Waals surface area contributed by atoms with Crippen LogP contribution in [0.2, 0.25) is 0 Å². The highest BCUT2D eigenvalue weighted by Gasteiger charge is 2.10. The van der Waals surface area contributed by atoms with E-state index in [0.717, 1.165) is 0 Å². The molecule has 0 aliphatic carbocycles. The summed E-state index contributed by atoms with van der Waals surface area (Å²) in [7, 11) is 1.39. The summed E-state index contributed by atoms with van der Waals surface area (Å²) in [6.45, 7) is 0. The Labute approximate surface area is 163 Å².